The van der Waals surface area contributed by atoms with Crippen LogP contribution in [0.5, 0.6) is 0 Å². The molecule has 3 aliphatic rings. The lowest BCUT2D eigenvalue weighted by atomic mass is 9.76. The average molecular weight is 432 g/mol. The summed E-state index contributed by atoms with van der Waals surface area (Å²) in [6.07, 6.45) is 5.91. The molecule has 1 aliphatic carbocycles. The molecular formula is C25H29N5O2. The number of morpholine rings is 1. The Labute approximate surface area is 187 Å². The molecule has 0 radical (unpaired) electrons. The number of hydrogen-bond donors (Lipinski definition) is 1. The van der Waals surface area contributed by atoms with E-state index in [0.717, 1.165) is 81.1 Å². The van der Waals surface area contributed by atoms with Crippen LogP contribution in [0.2, 0.25) is 0 Å². The minimum atomic E-state index is 0.0431. The first-order chi connectivity index (χ1) is 15.7. The molecule has 7 heteroatoms. The molecule has 0 saturated carbocycles. The van der Waals surface area contributed by atoms with Gasteiger partial charge in [0.1, 0.15) is 0 Å². The third-order valence-corrected chi connectivity index (χ3v) is 7.62. The van der Waals surface area contributed by atoms with E-state index in [1.807, 2.05) is 12.3 Å². The van der Waals surface area contributed by atoms with E-state index in [4.69, 9.17) is 9.72 Å². The van der Waals surface area contributed by atoms with Crippen molar-refractivity contribution in [2.75, 3.05) is 44.3 Å². The molecule has 2 aromatic heterocycles. The number of para-hydroxylation sites is 1. The lowest BCUT2D eigenvalue weighted by molar-refractivity contribution is 0.122. The van der Waals surface area contributed by atoms with Gasteiger partial charge in [-0.2, -0.15) is 0 Å². The minimum absolute atomic E-state index is 0.0431. The standard InChI is InChI=1S/C25H29N5O2/c31-23-20-5-7-25(22(20)27-24(28-23)30-13-15-32-16-14-30)8-11-29(12-9-25)17-18-6-10-26-21-4-2-1-3-19(18)21/h1-4,6,10H,5,7-9,11-17H2,(H,27,28,31). The highest BCUT2D eigenvalue weighted by Crippen LogP contribution is 2.44. The average Bonchev–Trinajstić information content (AvgIpc) is 3.20. The van der Waals surface area contributed by atoms with Crippen LogP contribution >= 0.6 is 0 Å². The van der Waals surface area contributed by atoms with Gasteiger partial charge >= 0.3 is 0 Å². The van der Waals surface area contributed by atoms with Crippen molar-refractivity contribution in [3.8, 4) is 0 Å². The van der Waals surface area contributed by atoms with Gasteiger partial charge in [-0.3, -0.25) is 19.7 Å². The number of ether oxygens (including phenoxy) is 1. The summed E-state index contributed by atoms with van der Waals surface area (Å²) in [5.41, 5.74) is 4.47. The number of nitrogens with zero attached hydrogens (tertiary/aromatic N) is 4. The van der Waals surface area contributed by atoms with Crippen molar-refractivity contribution >= 4 is 16.9 Å². The summed E-state index contributed by atoms with van der Waals surface area (Å²) in [6, 6.07) is 10.5. The van der Waals surface area contributed by atoms with Gasteiger partial charge in [0.05, 0.1) is 24.4 Å². The molecule has 1 N–H and O–H groups in total. The fraction of sp³-hybridized carbons (Fsp3) is 0.480. The highest BCUT2D eigenvalue weighted by atomic mass is 16.5. The van der Waals surface area contributed by atoms with Crippen molar-refractivity contribution < 1.29 is 4.74 Å². The number of hydrogen-bond acceptors (Lipinski definition) is 6. The number of nitrogens with one attached hydrogen (secondary N) is 1. The van der Waals surface area contributed by atoms with Crippen LogP contribution in [0.25, 0.3) is 10.9 Å². The summed E-state index contributed by atoms with van der Waals surface area (Å²) in [6.45, 7) is 5.92. The molecule has 0 unspecified atom stereocenters. The number of pyridine rings is 1. The summed E-state index contributed by atoms with van der Waals surface area (Å²) < 4.78 is 5.47. The molecule has 4 heterocycles. The lowest BCUT2D eigenvalue weighted by Crippen LogP contribution is -2.43. The molecule has 0 amide bonds. The largest absolute Gasteiger partial charge is 0.378 e. The Hall–Kier alpha value is -2.77. The Morgan fingerprint density at radius 3 is 2.69 bits per heavy atom. The van der Waals surface area contributed by atoms with E-state index in [1.54, 1.807) is 0 Å². The molecule has 2 saturated heterocycles. The Kier molecular flexibility index (Phi) is 4.96. The van der Waals surface area contributed by atoms with Gasteiger partial charge in [-0.05, 0) is 56.5 Å². The van der Waals surface area contributed by atoms with E-state index in [-0.39, 0.29) is 11.0 Å². The zero-order valence-corrected chi connectivity index (χ0v) is 18.3. The van der Waals surface area contributed by atoms with Gasteiger partial charge < -0.3 is 9.64 Å². The molecule has 0 bridgehead atoms. The van der Waals surface area contributed by atoms with E-state index in [9.17, 15) is 4.79 Å². The van der Waals surface area contributed by atoms with Gasteiger partial charge in [0.25, 0.3) is 5.56 Å². The number of rotatable bonds is 3. The Bertz CT molecular complexity index is 1190. The molecule has 2 aliphatic heterocycles. The predicted octanol–water partition coefficient (Wildman–Crippen LogP) is 2.63. The first kappa shape index (κ1) is 19.9. The quantitative estimate of drug-likeness (QED) is 0.687. The summed E-state index contributed by atoms with van der Waals surface area (Å²) in [7, 11) is 0. The van der Waals surface area contributed by atoms with Gasteiger partial charge in [0.2, 0.25) is 5.95 Å². The van der Waals surface area contributed by atoms with E-state index in [0.29, 0.717) is 13.2 Å². The molecule has 1 spiro atoms. The van der Waals surface area contributed by atoms with Crippen LogP contribution in [-0.2, 0) is 23.1 Å². The van der Waals surface area contributed by atoms with Crippen LogP contribution in [0, 0.1) is 0 Å². The monoisotopic (exact) mass is 431 g/mol. The minimum Gasteiger partial charge on any atom is -0.378 e. The molecule has 2 fully saturated rings. The molecule has 166 valence electrons. The van der Waals surface area contributed by atoms with Crippen molar-refractivity contribution in [2.45, 2.75) is 37.6 Å². The zero-order valence-electron chi connectivity index (χ0n) is 18.3. The smallest absolute Gasteiger partial charge is 0.255 e. The highest BCUT2D eigenvalue weighted by Gasteiger charge is 2.44. The SMILES string of the molecule is O=c1[nH]c(N2CCOCC2)nc2c1CCC21CCN(Cc2ccnc3ccccc23)CC1. The fourth-order valence-corrected chi connectivity index (χ4v) is 5.72. The van der Waals surface area contributed by atoms with Crippen LogP contribution in [-0.4, -0.2) is 59.2 Å². The van der Waals surface area contributed by atoms with Crippen molar-refractivity contribution in [3.63, 3.8) is 0 Å². The van der Waals surface area contributed by atoms with Crippen LogP contribution in [0.15, 0.2) is 41.3 Å². The number of fused-ring (bicyclic) bond motifs is 3. The normalized spacial score (nSPS) is 20.7. The van der Waals surface area contributed by atoms with Gasteiger partial charge in [-0.15, -0.1) is 0 Å². The third kappa shape index (κ3) is 3.40. The maximum absolute atomic E-state index is 12.9. The lowest BCUT2D eigenvalue weighted by Gasteiger charge is -2.39. The number of anilines is 1. The second-order valence-corrected chi connectivity index (χ2v) is 9.36. The molecule has 32 heavy (non-hydrogen) atoms. The van der Waals surface area contributed by atoms with Gasteiger partial charge in [0.15, 0.2) is 0 Å². The topological polar surface area (TPSA) is 74.3 Å². The molecule has 3 aromatic rings. The van der Waals surface area contributed by atoms with E-state index in [1.165, 1.54) is 10.9 Å². The second-order valence-electron chi connectivity index (χ2n) is 9.36. The first-order valence-electron chi connectivity index (χ1n) is 11.7. The highest BCUT2D eigenvalue weighted by molar-refractivity contribution is 5.81. The second kappa shape index (κ2) is 7.98. The molecule has 7 nitrogen and oxygen atoms in total. The molecule has 1 aromatic carbocycles. The Balaban J connectivity index is 1.22. The first-order valence-corrected chi connectivity index (χ1v) is 11.7. The Morgan fingerprint density at radius 1 is 1.03 bits per heavy atom. The Morgan fingerprint density at radius 2 is 1.84 bits per heavy atom. The predicted molar refractivity (Wildman–Crippen MR) is 124 cm³/mol. The van der Waals surface area contributed by atoms with Crippen LogP contribution < -0.4 is 10.5 Å². The number of aromatic nitrogens is 3. The van der Waals surface area contributed by atoms with Crippen molar-refractivity contribution in [1.82, 2.24) is 19.9 Å². The summed E-state index contributed by atoms with van der Waals surface area (Å²) in [5, 5.41) is 1.24. The van der Waals surface area contributed by atoms with Crippen LogP contribution in [0.4, 0.5) is 5.95 Å². The summed E-state index contributed by atoms with van der Waals surface area (Å²) in [4.78, 5) is 30.2. The maximum Gasteiger partial charge on any atom is 0.255 e. The van der Waals surface area contributed by atoms with Crippen molar-refractivity contribution in [2.24, 2.45) is 0 Å². The van der Waals surface area contributed by atoms with Gasteiger partial charge in [-0.25, -0.2) is 4.98 Å². The number of H-pyrrole nitrogens is 1. The number of likely N-dealkylation sites (tertiary alicyclic amines) is 1. The molecule has 6 rings (SSSR count). The van der Waals surface area contributed by atoms with Crippen LogP contribution in [0.1, 0.15) is 36.1 Å². The van der Waals surface area contributed by atoms with E-state index >= 15 is 0 Å². The zero-order chi connectivity index (χ0) is 21.5. The third-order valence-electron chi connectivity index (χ3n) is 7.62. The van der Waals surface area contributed by atoms with E-state index < -0.39 is 0 Å². The molecular weight excluding hydrogens is 402 g/mol. The van der Waals surface area contributed by atoms with Crippen molar-refractivity contribution in [1.29, 1.82) is 0 Å². The van der Waals surface area contributed by atoms with Crippen LogP contribution in [0.3, 0.4) is 0 Å². The number of aromatic amines is 1. The van der Waals surface area contributed by atoms with Gasteiger partial charge in [-0.1, -0.05) is 18.2 Å². The van der Waals surface area contributed by atoms with Crippen molar-refractivity contribution in [3.05, 3.63) is 63.7 Å². The molecule has 0 atom stereocenters. The summed E-state index contributed by atoms with van der Waals surface area (Å²) >= 11 is 0. The number of piperidine rings is 1. The van der Waals surface area contributed by atoms with Gasteiger partial charge in [0, 0.05) is 42.2 Å². The maximum atomic E-state index is 12.9. The fourth-order valence-electron chi connectivity index (χ4n) is 5.72. The summed E-state index contributed by atoms with van der Waals surface area (Å²) in [5.74, 6) is 0.726. The van der Waals surface area contributed by atoms with E-state index in [2.05, 4.69) is 44.0 Å². The number of benzene rings is 1.